The molecule has 2 aromatic rings. The fourth-order valence-electron chi connectivity index (χ4n) is 1.55. The summed E-state index contributed by atoms with van der Waals surface area (Å²) in [7, 11) is 0. The van der Waals surface area contributed by atoms with E-state index in [2.05, 4.69) is 20.5 Å². The zero-order chi connectivity index (χ0) is 13.1. The highest BCUT2D eigenvalue weighted by molar-refractivity contribution is 6.01. The summed E-state index contributed by atoms with van der Waals surface area (Å²) in [6.07, 6.45) is 0.666. The van der Waals surface area contributed by atoms with Gasteiger partial charge in [0.15, 0.2) is 0 Å². The highest BCUT2D eigenvalue weighted by Crippen LogP contribution is 2.13. The van der Waals surface area contributed by atoms with Crippen molar-refractivity contribution in [1.29, 1.82) is 0 Å². The molecule has 2 rings (SSSR count). The summed E-state index contributed by atoms with van der Waals surface area (Å²) >= 11 is 0. The van der Waals surface area contributed by atoms with Crippen LogP contribution in [0.3, 0.4) is 0 Å². The fourth-order valence-corrected chi connectivity index (χ4v) is 1.55. The number of nitrogens with one attached hydrogen (secondary N) is 2. The predicted octanol–water partition coefficient (Wildman–Crippen LogP) is 2.07. The first-order chi connectivity index (χ1) is 8.58. The van der Waals surface area contributed by atoms with Crippen molar-refractivity contribution in [2.45, 2.75) is 20.3 Å². The number of halogens is 1. The molecule has 0 unspecified atom stereocenters. The zero-order valence-electron chi connectivity index (χ0n) is 10.1. The second-order valence-electron chi connectivity index (χ2n) is 3.93. The normalized spacial score (nSPS) is 10.4. The van der Waals surface area contributed by atoms with Crippen molar-refractivity contribution >= 4 is 11.6 Å². The Morgan fingerprint density at radius 1 is 1.44 bits per heavy atom. The maximum atomic E-state index is 13.2. The molecular formula is C12H13FN4O. The van der Waals surface area contributed by atoms with Crippen molar-refractivity contribution in [3.8, 4) is 0 Å². The first kappa shape index (κ1) is 12.2. The summed E-state index contributed by atoms with van der Waals surface area (Å²) in [4.78, 5) is 15.8. The van der Waals surface area contributed by atoms with Gasteiger partial charge in [0.1, 0.15) is 11.6 Å². The van der Waals surface area contributed by atoms with Crippen LogP contribution in [0.15, 0.2) is 18.2 Å². The number of H-pyrrole nitrogens is 1. The average molecular weight is 248 g/mol. The van der Waals surface area contributed by atoms with Crippen LogP contribution in [0.25, 0.3) is 0 Å². The predicted molar refractivity (Wildman–Crippen MR) is 64.9 cm³/mol. The molecule has 0 bridgehead atoms. The highest BCUT2D eigenvalue weighted by Gasteiger charge is 2.12. The Balaban J connectivity index is 2.15. The number of hydrogen-bond donors (Lipinski definition) is 2. The second kappa shape index (κ2) is 4.95. The van der Waals surface area contributed by atoms with Crippen LogP contribution in [0.2, 0.25) is 0 Å². The Morgan fingerprint density at radius 2 is 2.22 bits per heavy atom. The SMILES string of the molecule is CCc1nc(C(=O)Nc2cc(C)cc(F)c2)n[nH]1. The van der Waals surface area contributed by atoms with E-state index in [0.29, 0.717) is 17.9 Å². The van der Waals surface area contributed by atoms with Crippen molar-refractivity contribution in [3.05, 3.63) is 41.2 Å². The molecule has 0 atom stereocenters. The number of aromatic nitrogens is 3. The monoisotopic (exact) mass is 248 g/mol. The lowest BCUT2D eigenvalue weighted by atomic mass is 10.2. The van der Waals surface area contributed by atoms with Crippen molar-refractivity contribution < 1.29 is 9.18 Å². The number of anilines is 1. The molecule has 5 nitrogen and oxygen atoms in total. The third kappa shape index (κ3) is 2.71. The lowest BCUT2D eigenvalue weighted by Crippen LogP contribution is -2.14. The number of amides is 1. The van der Waals surface area contributed by atoms with E-state index in [1.165, 1.54) is 12.1 Å². The Kier molecular flexibility index (Phi) is 3.36. The number of carbonyl (C=O) groups excluding carboxylic acids is 1. The molecule has 0 aliphatic heterocycles. The third-order valence-electron chi connectivity index (χ3n) is 2.37. The first-order valence-corrected chi connectivity index (χ1v) is 5.58. The lowest BCUT2D eigenvalue weighted by Gasteiger charge is -2.03. The van der Waals surface area contributed by atoms with Gasteiger partial charge in [-0.25, -0.2) is 9.37 Å². The van der Waals surface area contributed by atoms with Crippen LogP contribution in [-0.4, -0.2) is 21.1 Å². The second-order valence-corrected chi connectivity index (χ2v) is 3.93. The van der Waals surface area contributed by atoms with Gasteiger partial charge in [0.05, 0.1) is 0 Å². The molecular weight excluding hydrogens is 235 g/mol. The molecule has 0 spiro atoms. The summed E-state index contributed by atoms with van der Waals surface area (Å²) in [5, 5.41) is 8.99. The Morgan fingerprint density at radius 3 is 2.83 bits per heavy atom. The molecule has 0 saturated heterocycles. The van der Waals surface area contributed by atoms with Crippen LogP contribution in [0, 0.1) is 12.7 Å². The van der Waals surface area contributed by atoms with Gasteiger partial charge >= 0.3 is 0 Å². The van der Waals surface area contributed by atoms with E-state index in [1.807, 2.05) is 6.92 Å². The molecule has 1 aromatic heterocycles. The molecule has 2 N–H and O–H groups in total. The van der Waals surface area contributed by atoms with E-state index in [9.17, 15) is 9.18 Å². The summed E-state index contributed by atoms with van der Waals surface area (Å²) in [6.45, 7) is 3.65. The summed E-state index contributed by atoms with van der Waals surface area (Å²) in [5.41, 5.74) is 1.12. The van der Waals surface area contributed by atoms with Gasteiger partial charge in [0, 0.05) is 12.1 Å². The quantitative estimate of drug-likeness (QED) is 0.873. The van der Waals surface area contributed by atoms with Crippen LogP contribution in [0.4, 0.5) is 10.1 Å². The molecule has 94 valence electrons. The minimum absolute atomic E-state index is 0.0498. The molecule has 0 fully saturated rings. The van der Waals surface area contributed by atoms with Crippen molar-refractivity contribution in [2.75, 3.05) is 5.32 Å². The first-order valence-electron chi connectivity index (χ1n) is 5.58. The van der Waals surface area contributed by atoms with Gasteiger partial charge in [0.25, 0.3) is 5.91 Å². The van der Waals surface area contributed by atoms with E-state index < -0.39 is 11.7 Å². The maximum Gasteiger partial charge on any atom is 0.295 e. The molecule has 0 radical (unpaired) electrons. The van der Waals surface area contributed by atoms with E-state index in [1.54, 1.807) is 13.0 Å². The van der Waals surface area contributed by atoms with Gasteiger partial charge in [-0.1, -0.05) is 6.92 Å². The largest absolute Gasteiger partial charge is 0.319 e. The molecule has 1 heterocycles. The van der Waals surface area contributed by atoms with Crippen LogP contribution < -0.4 is 5.32 Å². The maximum absolute atomic E-state index is 13.2. The number of hydrogen-bond acceptors (Lipinski definition) is 3. The molecule has 18 heavy (non-hydrogen) atoms. The van der Waals surface area contributed by atoms with Crippen LogP contribution in [0.5, 0.6) is 0 Å². The number of rotatable bonds is 3. The van der Waals surface area contributed by atoms with Gasteiger partial charge in [-0.05, 0) is 30.7 Å². The number of aromatic amines is 1. The van der Waals surface area contributed by atoms with Gasteiger partial charge in [-0.15, -0.1) is 5.10 Å². The summed E-state index contributed by atoms with van der Waals surface area (Å²) in [5.74, 6) is -0.171. The molecule has 1 amide bonds. The van der Waals surface area contributed by atoms with Gasteiger partial charge in [-0.3, -0.25) is 9.89 Å². The number of carbonyl (C=O) groups is 1. The molecule has 1 aromatic carbocycles. The number of benzene rings is 1. The molecule has 0 aliphatic carbocycles. The smallest absolute Gasteiger partial charge is 0.295 e. The fraction of sp³-hybridized carbons (Fsp3) is 0.250. The van der Waals surface area contributed by atoms with Gasteiger partial charge in [0.2, 0.25) is 5.82 Å². The standard InChI is InChI=1S/C12H13FN4O/c1-3-10-15-11(17-16-10)12(18)14-9-5-7(2)4-8(13)6-9/h4-6H,3H2,1-2H3,(H,14,18)(H,15,16,17). The lowest BCUT2D eigenvalue weighted by molar-refractivity contribution is 0.101. The minimum Gasteiger partial charge on any atom is -0.319 e. The molecule has 0 aliphatic rings. The van der Waals surface area contributed by atoms with Crippen LogP contribution >= 0.6 is 0 Å². The van der Waals surface area contributed by atoms with E-state index >= 15 is 0 Å². The van der Waals surface area contributed by atoms with E-state index in [-0.39, 0.29) is 5.82 Å². The number of nitrogens with zero attached hydrogens (tertiary/aromatic N) is 2. The Hall–Kier alpha value is -2.24. The average Bonchev–Trinajstić information content (AvgIpc) is 2.75. The topological polar surface area (TPSA) is 70.7 Å². The molecule has 6 heteroatoms. The van der Waals surface area contributed by atoms with E-state index in [4.69, 9.17) is 0 Å². The van der Waals surface area contributed by atoms with Gasteiger partial charge in [-0.2, -0.15) is 0 Å². The van der Waals surface area contributed by atoms with Crippen molar-refractivity contribution in [2.24, 2.45) is 0 Å². The van der Waals surface area contributed by atoms with Crippen molar-refractivity contribution in [1.82, 2.24) is 15.2 Å². The zero-order valence-corrected chi connectivity index (χ0v) is 10.1. The summed E-state index contributed by atoms with van der Waals surface area (Å²) in [6, 6.07) is 4.31. The number of aryl methyl sites for hydroxylation is 2. The summed E-state index contributed by atoms with van der Waals surface area (Å²) < 4.78 is 13.2. The highest BCUT2D eigenvalue weighted by atomic mass is 19.1. The van der Waals surface area contributed by atoms with Crippen molar-refractivity contribution in [3.63, 3.8) is 0 Å². The van der Waals surface area contributed by atoms with Gasteiger partial charge < -0.3 is 5.32 Å². The Labute approximate surface area is 103 Å². The minimum atomic E-state index is -0.462. The Bertz CT molecular complexity index is 559. The third-order valence-corrected chi connectivity index (χ3v) is 2.37. The van der Waals surface area contributed by atoms with Crippen LogP contribution in [-0.2, 0) is 6.42 Å². The molecule has 0 saturated carbocycles. The van der Waals surface area contributed by atoms with Crippen LogP contribution in [0.1, 0.15) is 28.9 Å². The van der Waals surface area contributed by atoms with E-state index in [0.717, 1.165) is 5.56 Å².